The normalized spacial score (nSPS) is 19.0. The number of rotatable bonds is 4. The van der Waals surface area contributed by atoms with Gasteiger partial charge in [0.2, 0.25) is 0 Å². The van der Waals surface area contributed by atoms with E-state index in [1.54, 1.807) is 12.1 Å². The Labute approximate surface area is 179 Å². The Balaban J connectivity index is 2.10. The summed E-state index contributed by atoms with van der Waals surface area (Å²) in [6, 6.07) is 12.1. The Bertz CT molecular complexity index is 1200. The predicted molar refractivity (Wildman–Crippen MR) is 117 cm³/mol. The largest absolute Gasteiger partial charge is 0.289 e. The molecule has 10 heteroatoms. The monoisotopic (exact) mass is 472 g/mol. The van der Waals surface area contributed by atoms with E-state index in [-0.39, 0.29) is 22.1 Å². The fourth-order valence-electron chi connectivity index (χ4n) is 2.64. The number of hydrogen-bond donors (Lipinski definition) is 0. The summed E-state index contributed by atoms with van der Waals surface area (Å²) in [5, 5.41) is 0.417. The van der Waals surface area contributed by atoms with Gasteiger partial charge < -0.3 is 0 Å². The second-order valence-corrected chi connectivity index (χ2v) is 12.8. The number of sulfonamides is 2. The molecule has 0 saturated carbocycles. The van der Waals surface area contributed by atoms with Crippen molar-refractivity contribution in [3.8, 4) is 0 Å². The maximum atomic E-state index is 13.2. The average molecular weight is 473 g/mol. The summed E-state index contributed by atoms with van der Waals surface area (Å²) in [4.78, 5) is 0.0954. The highest BCUT2D eigenvalue weighted by Crippen LogP contribution is 2.28. The second kappa shape index (κ2) is 8.31. The molecule has 1 heterocycles. The highest BCUT2D eigenvalue weighted by atomic mass is 35.5. The zero-order chi connectivity index (χ0) is 21.4. The lowest BCUT2D eigenvalue weighted by molar-refractivity contribution is 0.548. The van der Waals surface area contributed by atoms with Crippen molar-refractivity contribution in [3.63, 3.8) is 0 Å². The van der Waals surface area contributed by atoms with E-state index in [1.807, 2.05) is 20.8 Å². The first-order chi connectivity index (χ1) is 13.5. The molecule has 3 rings (SSSR count). The summed E-state index contributed by atoms with van der Waals surface area (Å²) >= 11 is 5.87. The molecule has 1 atom stereocenters. The standard InChI is InChI=1S/C19H21ClN2O4S3/c1-14-4-8-18(9-5-14)28(23,24)21-27-13-16(3)15(2)12-22(27)29(25,26)19-10-6-17(20)7-11-19/h4-11H,12-13H2,1-3H3. The van der Waals surface area contributed by atoms with Crippen molar-refractivity contribution >= 4 is 42.5 Å². The van der Waals surface area contributed by atoms with E-state index in [0.717, 1.165) is 16.7 Å². The van der Waals surface area contributed by atoms with Crippen molar-refractivity contribution in [1.29, 1.82) is 0 Å². The molecule has 1 aliphatic heterocycles. The quantitative estimate of drug-likeness (QED) is 0.627. The van der Waals surface area contributed by atoms with Crippen LogP contribution in [0.25, 0.3) is 0 Å². The van der Waals surface area contributed by atoms with Gasteiger partial charge >= 0.3 is 0 Å². The van der Waals surface area contributed by atoms with E-state index < -0.39 is 30.9 Å². The summed E-state index contributed by atoms with van der Waals surface area (Å²) in [6.45, 7) is 5.66. The van der Waals surface area contributed by atoms with Gasteiger partial charge in [-0.1, -0.05) is 40.4 Å². The minimum absolute atomic E-state index is 0.0448. The molecule has 0 bridgehead atoms. The first-order valence-electron chi connectivity index (χ1n) is 8.70. The van der Waals surface area contributed by atoms with Crippen LogP contribution in [0.1, 0.15) is 19.4 Å². The Hall–Kier alpha value is -1.52. The van der Waals surface area contributed by atoms with Crippen molar-refractivity contribution in [2.45, 2.75) is 30.6 Å². The van der Waals surface area contributed by atoms with E-state index in [4.69, 9.17) is 11.6 Å². The third-order valence-electron chi connectivity index (χ3n) is 4.56. The summed E-state index contributed by atoms with van der Waals surface area (Å²) < 4.78 is 57.4. The number of benzene rings is 2. The van der Waals surface area contributed by atoms with Crippen LogP contribution in [0.4, 0.5) is 0 Å². The third-order valence-corrected chi connectivity index (χ3v) is 11.1. The smallest absolute Gasteiger partial charge is 0.206 e. The molecular formula is C19H21ClN2O4S3. The van der Waals surface area contributed by atoms with Crippen molar-refractivity contribution in [2.24, 2.45) is 3.77 Å². The molecule has 2 aromatic carbocycles. The van der Waals surface area contributed by atoms with Gasteiger partial charge in [0.15, 0.2) is 0 Å². The van der Waals surface area contributed by atoms with E-state index >= 15 is 0 Å². The van der Waals surface area contributed by atoms with Gasteiger partial charge in [-0.05, 0) is 57.2 Å². The molecule has 0 radical (unpaired) electrons. The number of hydrogen-bond acceptors (Lipinski definition) is 4. The SMILES string of the molecule is CC1=C(C)C/S(=N\S(=O)(=O)c2ccc(C)cc2)N(S(=O)(=O)c2ccc(Cl)cc2)C1. The Morgan fingerprint density at radius 2 is 1.41 bits per heavy atom. The van der Waals surface area contributed by atoms with Crippen LogP contribution in [0.3, 0.4) is 0 Å². The lowest BCUT2D eigenvalue weighted by Gasteiger charge is -2.30. The van der Waals surface area contributed by atoms with Crippen LogP contribution in [0.15, 0.2) is 73.2 Å². The van der Waals surface area contributed by atoms with E-state index in [1.165, 1.54) is 40.1 Å². The zero-order valence-electron chi connectivity index (χ0n) is 16.2. The molecule has 6 nitrogen and oxygen atoms in total. The van der Waals surface area contributed by atoms with Crippen molar-refractivity contribution in [1.82, 2.24) is 3.71 Å². The average Bonchev–Trinajstić information content (AvgIpc) is 2.65. The fourth-order valence-corrected chi connectivity index (χ4v) is 8.78. The Morgan fingerprint density at radius 1 is 0.862 bits per heavy atom. The van der Waals surface area contributed by atoms with Crippen molar-refractivity contribution in [3.05, 3.63) is 70.3 Å². The molecule has 0 N–H and O–H groups in total. The minimum Gasteiger partial charge on any atom is -0.206 e. The molecule has 0 spiro atoms. The molecule has 0 aromatic heterocycles. The van der Waals surface area contributed by atoms with Crippen LogP contribution in [-0.4, -0.2) is 32.8 Å². The summed E-state index contributed by atoms with van der Waals surface area (Å²) in [7, 11) is -9.36. The van der Waals surface area contributed by atoms with Gasteiger partial charge in [0.25, 0.3) is 20.0 Å². The molecule has 29 heavy (non-hydrogen) atoms. The first-order valence-corrected chi connectivity index (χ1v) is 13.3. The van der Waals surface area contributed by atoms with Gasteiger partial charge in [-0.3, -0.25) is 0 Å². The summed E-state index contributed by atoms with van der Waals surface area (Å²) in [5.74, 6) is 0.240. The minimum atomic E-state index is -4.01. The highest BCUT2D eigenvalue weighted by Gasteiger charge is 2.33. The summed E-state index contributed by atoms with van der Waals surface area (Å²) in [6.07, 6.45) is 0. The predicted octanol–water partition coefficient (Wildman–Crippen LogP) is 4.09. The second-order valence-electron chi connectivity index (χ2n) is 6.83. The number of halogens is 1. The maximum Gasteiger partial charge on any atom is 0.289 e. The van der Waals surface area contributed by atoms with Crippen LogP contribution >= 0.6 is 11.6 Å². The third kappa shape index (κ3) is 4.80. The molecule has 2 aromatic rings. The molecule has 1 unspecified atom stereocenters. The summed E-state index contributed by atoms with van der Waals surface area (Å²) in [5.41, 5.74) is 2.75. The van der Waals surface area contributed by atoms with Crippen LogP contribution in [0, 0.1) is 6.92 Å². The van der Waals surface area contributed by atoms with Gasteiger partial charge in [-0.25, -0.2) is 8.42 Å². The molecule has 0 aliphatic carbocycles. The molecular weight excluding hydrogens is 452 g/mol. The van der Waals surface area contributed by atoms with E-state index in [2.05, 4.69) is 3.77 Å². The van der Waals surface area contributed by atoms with Gasteiger partial charge in [0.1, 0.15) is 0 Å². The zero-order valence-corrected chi connectivity index (χ0v) is 19.4. The van der Waals surface area contributed by atoms with Crippen molar-refractivity contribution < 1.29 is 16.8 Å². The Morgan fingerprint density at radius 3 is 2.00 bits per heavy atom. The molecule has 1 aliphatic rings. The fraction of sp³-hybridized carbons (Fsp3) is 0.263. The van der Waals surface area contributed by atoms with Crippen LogP contribution in [0.5, 0.6) is 0 Å². The van der Waals surface area contributed by atoms with E-state index in [9.17, 15) is 16.8 Å². The lowest BCUT2D eigenvalue weighted by Crippen LogP contribution is -2.39. The van der Waals surface area contributed by atoms with Crippen LogP contribution < -0.4 is 0 Å². The Kier molecular flexibility index (Phi) is 6.35. The van der Waals surface area contributed by atoms with Crippen LogP contribution in [0.2, 0.25) is 5.02 Å². The number of nitrogens with zero attached hydrogens (tertiary/aromatic N) is 2. The van der Waals surface area contributed by atoms with Gasteiger partial charge in [-0.15, -0.1) is 7.48 Å². The molecule has 0 fully saturated rings. The van der Waals surface area contributed by atoms with Crippen molar-refractivity contribution in [2.75, 3.05) is 12.3 Å². The highest BCUT2D eigenvalue weighted by molar-refractivity contribution is 8.06. The lowest BCUT2D eigenvalue weighted by atomic mass is 10.2. The van der Waals surface area contributed by atoms with Gasteiger partial charge in [0.05, 0.1) is 9.79 Å². The molecule has 0 saturated heterocycles. The topological polar surface area (TPSA) is 83.9 Å². The maximum absolute atomic E-state index is 13.2. The van der Waals surface area contributed by atoms with E-state index in [0.29, 0.717) is 5.02 Å². The molecule has 156 valence electrons. The molecule has 0 amide bonds. The van der Waals surface area contributed by atoms with Gasteiger partial charge in [-0.2, -0.15) is 8.42 Å². The van der Waals surface area contributed by atoms with Crippen LogP contribution in [-0.2, 0) is 30.9 Å². The first kappa shape index (κ1) is 22.2. The van der Waals surface area contributed by atoms with Gasteiger partial charge in [0, 0.05) is 28.2 Å². The number of aryl methyl sites for hydroxylation is 1.